The van der Waals surface area contributed by atoms with Crippen molar-refractivity contribution in [2.45, 2.75) is 19.4 Å². The van der Waals surface area contributed by atoms with Crippen LogP contribution in [0, 0.1) is 0 Å². The van der Waals surface area contributed by atoms with Crippen molar-refractivity contribution >= 4 is 17.1 Å². The summed E-state index contributed by atoms with van der Waals surface area (Å²) in [6.45, 7) is 4.15. The molecule has 1 aliphatic rings. The van der Waals surface area contributed by atoms with Crippen LogP contribution < -0.4 is 0 Å². The van der Waals surface area contributed by atoms with E-state index in [9.17, 15) is 0 Å². The average molecular weight is 224 g/mol. The molecule has 2 nitrogen and oxygen atoms in total. The molecule has 0 fully saturated rings. The molecular weight excluding hydrogens is 208 g/mol. The third-order valence-electron chi connectivity index (χ3n) is 2.51. The lowest BCUT2D eigenvalue weighted by molar-refractivity contribution is 0.672. The van der Waals surface area contributed by atoms with Crippen molar-refractivity contribution in [2.24, 2.45) is 4.99 Å². The second-order valence-corrected chi connectivity index (χ2v) is 4.49. The van der Waals surface area contributed by atoms with Gasteiger partial charge in [0, 0.05) is 17.8 Å². The Bertz CT molecular complexity index is 474. The first-order valence-corrected chi connectivity index (χ1v) is 5.70. The van der Waals surface area contributed by atoms with Gasteiger partial charge in [-0.1, -0.05) is 30.3 Å². The van der Waals surface area contributed by atoms with E-state index in [-0.39, 0.29) is 5.54 Å². The predicted molar refractivity (Wildman–Crippen MR) is 73.5 cm³/mol. The fourth-order valence-electron chi connectivity index (χ4n) is 1.57. The van der Waals surface area contributed by atoms with E-state index in [1.165, 1.54) is 5.39 Å². The highest BCUT2D eigenvalue weighted by atomic mass is 14.8. The van der Waals surface area contributed by atoms with Crippen LogP contribution in [0.15, 0.2) is 59.7 Å². The molecule has 0 aliphatic carbocycles. The number of fused-ring (bicyclic) bond motifs is 1. The van der Waals surface area contributed by atoms with Crippen LogP contribution in [0.3, 0.4) is 0 Å². The highest BCUT2D eigenvalue weighted by Gasteiger charge is 2.11. The van der Waals surface area contributed by atoms with Crippen LogP contribution in [-0.2, 0) is 0 Å². The Morgan fingerprint density at radius 2 is 1.76 bits per heavy atom. The van der Waals surface area contributed by atoms with E-state index in [1.807, 2.05) is 42.8 Å². The summed E-state index contributed by atoms with van der Waals surface area (Å²) in [6.07, 6.45) is 7.69. The second-order valence-electron chi connectivity index (χ2n) is 4.49. The van der Waals surface area contributed by atoms with E-state index in [2.05, 4.69) is 42.0 Å². The molecule has 0 bridgehead atoms. The van der Waals surface area contributed by atoms with Gasteiger partial charge in [-0.2, -0.15) is 0 Å². The van der Waals surface area contributed by atoms with Crippen LogP contribution in [0.5, 0.6) is 0 Å². The fraction of sp³-hybridized carbons (Fsp3) is 0.200. The molecule has 2 heteroatoms. The summed E-state index contributed by atoms with van der Waals surface area (Å²) in [5.74, 6) is 0. The highest BCUT2D eigenvalue weighted by Crippen LogP contribution is 2.12. The molecule has 0 amide bonds. The number of hydrogen-bond acceptors (Lipinski definition) is 2. The quantitative estimate of drug-likeness (QED) is 0.670. The van der Waals surface area contributed by atoms with Gasteiger partial charge in [-0.3, -0.25) is 9.98 Å². The summed E-state index contributed by atoms with van der Waals surface area (Å²) in [4.78, 5) is 8.31. The van der Waals surface area contributed by atoms with E-state index in [1.54, 1.807) is 0 Å². The average Bonchev–Trinajstić information content (AvgIpc) is 2.75. The molecule has 1 aliphatic heterocycles. The Hall–Kier alpha value is -1.96. The maximum atomic E-state index is 4.18. The van der Waals surface area contributed by atoms with Crippen LogP contribution in [0.25, 0.3) is 10.9 Å². The lowest BCUT2D eigenvalue weighted by atomic mass is 10.1. The molecule has 2 aromatic rings. The van der Waals surface area contributed by atoms with Gasteiger partial charge in [0.2, 0.25) is 0 Å². The van der Waals surface area contributed by atoms with E-state index in [4.69, 9.17) is 0 Å². The molecule has 17 heavy (non-hydrogen) atoms. The van der Waals surface area contributed by atoms with E-state index in [0.29, 0.717) is 0 Å². The van der Waals surface area contributed by atoms with Crippen LogP contribution >= 0.6 is 0 Å². The number of rotatable bonds is 0. The van der Waals surface area contributed by atoms with Gasteiger partial charge in [0.25, 0.3) is 0 Å². The van der Waals surface area contributed by atoms with Crippen LogP contribution in [0.4, 0.5) is 0 Å². The minimum Gasteiger partial charge on any atom is -0.283 e. The minimum absolute atomic E-state index is 0.0833. The summed E-state index contributed by atoms with van der Waals surface area (Å²) in [6, 6.07) is 12.1. The van der Waals surface area contributed by atoms with Gasteiger partial charge >= 0.3 is 0 Å². The van der Waals surface area contributed by atoms with Crippen molar-refractivity contribution < 1.29 is 0 Å². The molecule has 0 radical (unpaired) electrons. The normalized spacial score (nSPS) is 15.6. The maximum absolute atomic E-state index is 4.18. The van der Waals surface area contributed by atoms with Crippen molar-refractivity contribution in [2.75, 3.05) is 0 Å². The van der Waals surface area contributed by atoms with Gasteiger partial charge in [0.1, 0.15) is 0 Å². The van der Waals surface area contributed by atoms with Gasteiger partial charge in [-0.05, 0) is 32.1 Å². The van der Waals surface area contributed by atoms with Gasteiger partial charge in [0.15, 0.2) is 0 Å². The third kappa shape index (κ3) is 3.25. The van der Waals surface area contributed by atoms with Crippen LogP contribution in [-0.4, -0.2) is 16.7 Å². The number of nitrogens with zero attached hydrogens (tertiary/aromatic N) is 2. The summed E-state index contributed by atoms with van der Waals surface area (Å²) >= 11 is 0. The lowest BCUT2D eigenvalue weighted by Gasteiger charge is -2.07. The molecule has 1 aromatic carbocycles. The zero-order chi connectivity index (χ0) is 12.1. The van der Waals surface area contributed by atoms with Crippen molar-refractivity contribution in [1.82, 2.24) is 4.98 Å². The number of benzene rings is 1. The molecule has 0 saturated heterocycles. The number of aliphatic imine (C=N–C) groups is 1. The lowest BCUT2D eigenvalue weighted by Crippen LogP contribution is -2.07. The summed E-state index contributed by atoms with van der Waals surface area (Å²) in [7, 11) is 0. The smallest absolute Gasteiger partial charge is 0.0735 e. The highest BCUT2D eigenvalue weighted by molar-refractivity contribution is 5.77. The van der Waals surface area contributed by atoms with E-state index < -0.39 is 0 Å². The fourth-order valence-corrected chi connectivity index (χ4v) is 1.57. The standard InChI is InChI=1S/C9H7N.C6H9N/c1-2-6-9-8(4-1)5-3-7-10-9;1-6(2)4-3-5-7-6/h1-7H;3-5H,1-2H3. The molecule has 86 valence electrons. The SMILES string of the molecule is CC1(C)C=CC=N1.c1ccc2ncccc2c1. The molecule has 0 atom stereocenters. The number of hydrogen-bond donors (Lipinski definition) is 0. The number of pyridine rings is 1. The van der Waals surface area contributed by atoms with Crippen LogP contribution in [0.2, 0.25) is 0 Å². The van der Waals surface area contributed by atoms with E-state index >= 15 is 0 Å². The molecule has 1 aromatic heterocycles. The number of aromatic nitrogens is 1. The first kappa shape index (κ1) is 11.5. The zero-order valence-corrected chi connectivity index (χ0v) is 10.2. The Kier molecular flexibility index (Phi) is 3.33. The molecule has 0 saturated carbocycles. The Morgan fingerprint density at radius 1 is 1.00 bits per heavy atom. The minimum atomic E-state index is 0.0833. The maximum Gasteiger partial charge on any atom is 0.0735 e. The summed E-state index contributed by atoms with van der Waals surface area (Å²) in [5, 5.41) is 1.20. The molecular formula is C15H16N2. The Morgan fingerprint density at radius 3 is 2.35 bits per heavy atom. The summed E-state index contributed by atoms with van der Waals surface area (Å²) < 4.78 is 0. The largest absolute Gasteiger partial charge is 0.283 e. The Balaban J connectivity index is 0.000000136. The van der Waals surface area contributed by atoms with Crippen LogP contribution in [0.1, 0.15) is 13.8 Å². The topological polar surface area (TPSA) is 25.2 Å². The van der Waals surface area contributed by atoms with Crippen molar-refractivity contribution in [1.29, 1.82) is 0 Å². The first-order chi connectivity index (χ1) is 8.17. The number of para-hydroxylation sites is 1. The van der Waals surface area contributed by atoms with Crippen molar-refractivity contribution in [3.63, 3.8) is 0 Å². The van der Waals surface area contributed by atoms with Gasteiger partial charge in [-0.15, -0.1) is 0 Å². The number of allylic oxidation sites excluding steroid dienone is 1. The molecule has 0 unspecified atom stereocenters. The zero-order valence-electron chi connectivity index (χ0n) is 10.2. The first-order valence-electron chi connectivity index (χ1n) is 5.70. The molecule has 3 rings (SSSR count). The Labute approximate surface area is 102 Å². The molecule has 2 heterocycles. The van der Waals surface area contributed by atoms with Gasteiger partial charge in [0.05, 0.1) is 11.1 Å². The molecule has 0 spiro atoms. The van der Waals surface area contributed by atoms with Gasteiger partial charge < -0.3 is 0 Å². The van der Waals surface area contributed by atoms with E-state index in [0.717, 1.165) is 5.52 Å². The summed E-state index contributed by atoms with van der Waals surface area (Å²) in [5.41, 5.74) is 1.14. The predicted octanol–water partition coefficient (Wildman–Crippen LogP) is 3.64. The molecule has 0 N–H and O–H groups in total. The third-order valence-corrected chi connectivity index (χ3v) is 2.51. The monoisotopic (exact) mass is 224 g/mol. The second kappa shape index (κ2) is 4.91. The van der Waals surface area contributed by atoms with Crippen molar-refractivity contribution in [3.8, 4) is 0 Å². The van der Waals surface area contributed by atoms with Crippen molar-refractivity contribution in [3.05, 3.63) is 54.7 Å². The van der Waals surface area contributed by atoms with Gasteiger partial charge in [-0.25, -0.2) is 0 Å².